The molecule has 1 aromatic carbocycles. The molecule has 0 amide bonds. The number of hydrogen-bond acceptors (Lipinski definition) is 7. The van der Waals surface area contributed by atoms with E-state index in [1.807, 2.05) is 24.3 Å². The smallest absolute Gasteiger partial charge is 0.331 e. The Balaban J connectivity index is 1.95. The molecular formula is C13H12BrN5O2. The van der Waals surface area contributed by atoms with E-state index in [0.717, 1.165) is 10.0 Å². The standard InChI is InChI=1S/C13H12BrN5O2/c14-9-4-2-1-3-8(9)5-6-11(20)21-7-10-17-12(15)19-13(16)18-10/h1-6H,7H2,(H4,15,16,17,18,19)/b6-5+. The average molecular weight is 350 g/mol. The van der Waals surface area contributed by atoms with Gasteiger partial charge in [0.05, 0.1) is 0 Å². The Morgan fingerprint density at radius 3 is 2.52 bits per heavy atom. The molecule has 1 heterocycles. The Labute approximate surface area is 129 Å². The van der Waals surface area contributed by atoms with Crippen LogP contribution in [0.15, 0.2) is 34.8 Å². The molecule has 2 rings (SSSR count). The zero-order valence-electron chi connectivity index (χ0n) is 10.9. The predicted molar refractivity (Wildman–Crippen MR) is 81.6 cm³/mol. The summed E-state index contributed by atoms with van der Waals surface area (Å²) in [5.74, 6) is -0.361. The number of rotatable bonds is 4. The molecule has 0 unspecified atom stereocenters. The van der Waals surface area contributed by atoms with Gasteiger partial charge in [-0.15, -0.1) is 0 Å². The first kappa shape index (κ1) is 14.9. The Hall–Kier alpha value is -2.48. The number of carbonyl (C=O) groups is 1. The van der Waals surface area contributed by atoms with Crippen molar-refractivity contribution in [3.63, 3.8) is 0 Å². The molecule has 0 saturated heterocycles. The molecule has 0 bridgehead atoms. The molecule has 0 radical (unpaired) electrons. The number of anilines is 2. The maximum absolute atomic E-state index is 11.6. The van der Waals surface area contributed by atoms with Crippen molar-refractivity contribution in [2.45, 2.75) is 6.61 Å². The van der Waals surface area contributed by atoms with Gasteiger partial charge in [0.1, 0.15) is 0 Å². The van der Waals surface area contributed by atoms with Gasteiger partial charge in [-0.05, 0) is 17.7 Å². The number of nitrogen functional groups attached to an aromatic ring is 2. The Bertz CT molecular complexity index is 670. The lowest BCUT2D eigenvalue weighted by Gasteiger charge is -2.02. The summed E-state index contributed by atoms with van der Waals surface area (Å²) in [5.41, 5.74) is 11.7. The minimum atomic E-state index is -0.525. The number of halogens is 1. The van der Waals surface area contributed by atoms with Crippen molar-refractivity contribution >= 4 is 39.9 Å². The molecule has 0 saturated carbocycles. The molecule has 1 aromatic heterocycles. The highest BCUT2D eigenvalue weighted by Crippen LogP contribution is 2.17. The summed E-state index contributed by atoms with van der Waals surface area (Å²) in [6.45, 7) is -0.129. The van der Waals surface area contributed by atoms with Gasteiger partial charge in [0.15, 0.2) is 12.4 Å². The van der Waals surface area contributed by atoms with E-state index < -0.39 is 5.97 Å². The van der Waals surface area contributed by atoms with E-state index in [4.69, 9.17) is 16.2 Å². The summed E-state index contributed by atoms with van der Waals surface area (Å²) >= 11 is 3.38. The molecule has 7 nitrogen and oxygen atoms in total. The van der Waals surface area contributed by atoms with Crippen molar-refractivity contribution in [3.8, 4) is 0 Å². The Morgan fingerprint density at radius 2 is 1.86 bits per heavy atom. The van der Waals surface area contributed by atoms with Crippen molar-refractivity contribution in [1.29, 1.82) is 0 Å². The van der Waals surface area contributed by atoms with Crippen molar-refractivity contribution in [2.24, 2.45) is 0 Å². The fourth-order valence-corrected chi connectivity index (χ4v) is 1.89. The van der Waals surface area contributed by atoms with E-state index in [0.29, 0.717) is 0 Å². The predicted octanol–water partition coefficient (Wildman–Crippen LogP) is 1.56. The molecule has 2 aromatic rings. The minimum Gasteiger partial charge on any atom is -0.454 e. The van der Waals surface area contributed by atoms with Crippen LogP contribution in [0.3, 0.4) is 0 Å². The maximum atomic E-state index is 11.6. The van der Waals surface area contributed by atoms with Crippen LogP contribution in [0.4, 0.5) is 11.9 Å². The van der Waals surface area contributed by atoms with Crippen LogP contribution in [0.1, 0.15) is 11.4 Å². The van der Waals surface area contributed by atoms with Gasteiger partial charge in [0.25, 0.3) is 0 Å². The van der Waals surface area contributed by atoms with Crippen LogP contribution in [-0.2, 0) is 16.1 Å². The van der Waals surface area contributed by atoms with Crippen LogP contribution in [-0.4, -0.2) is 20.9 Å². The number of nitrogens with zero attached hydrogens (tertiary/aromatic N) is 3. The second-order valence-corrected chi connectivity index (χ2v) is 4.78. The molecule has 0 atom stereocenters. The molecule has 0 aliphatic heterocycles. The van der Waals surface area contributed by atoms with Crippen LogP contribution in [0.25, 0.3) is 6.08 Å². The Kier molecular flexibility index (Phi) is 4.83. The van der Waals surface area contributed by atoms with E-state index in [-0.39, 0.29) is 24.3 Å². The molecule has 0 aliphatic carbocycles. The van der Waals surface area contributed by atoms with Gasteiger partial charge in [-0.2, -0.15) is 15.0 Å². The normalized spacial score (nSPS) is 10.7. The summed E-state index contributed by atoms with van der Waals surface area (Å²) < 4.78 is 5.88. The van der Waals surface area contributed by atoms with E-state index in [2.05, 4.69) is 30.9 Å². The third kappa shape index (κ3) is 4.53. The molecular weight excluding hydrogens is 338 g/mol. The van der Waals surface area contributed by atoms with Crippen LogP contribution in [0, 0.1) is 0 Å². The molecule has 8 heteroatoms. The lowest BCUT2D eigenvalue weighted by molar-refractivity contribution is -0.139. The lowest BCUT2D eigenvalue weighted by atomic mass is 10.2. The van der Waals surface area contributed by atoms with Gasteiger partial charge < -0.3 is 16.2 Å². The third-order valence-electron chi connectivity index (χ3n) is 2.36. The van der Waals surface area contributed by atoms with Crippen LogP contribution in [0.2, 0.25) is 0 Å². The van der Waals surface area contributed by atoms with Crippen LogP contribution >= 0.6 is 15.9 Å². The first-order valence-electron chi connectivity index (χ1n) is 5.90. The van der Waals surface area contributed by atoms with E-state index in [1.54, 1.807) is 6.08 Å². The summed E-state index contributed by atoms with van der Waals surface area (Å²) in [5, 5.41) is 0. The first-order chi connectivity index (χ1) is 10.0. The molecule has 21 heavy (non-hydrogen) atoms. The van der Waals surface area contributed by atoms with Gasteiger partial charge in [-0.25, -0.2) is 4.79 Å². The van der Waals surface area contributed by atoms with Crippen molar-refractivity contribution < 1.29 is 9.53 Å². The SMILES string of the molecule is Nc1nc(N)nc(COC(=O)/C=C/c2ccccc2Br)n1. The van der Waals surface area contributed by atoms with E-state index in [1.165, 1.54) is 6.08 Å². The molecule has 0 aliphatic rings. The number of nitrogens with two attached hydrogens (primary N) is 2. The summed E-state index contributed by atoms with van der Waals surface area (Å²) in [6.07, 6.45) is 2.95. The number of esters is 1. The summed E-state index contributed by atoms with van der Waals surface area (Å²) in [4.78, 5) is 22.8. The second-order valence-electron chi connectivity index (χ2n) is 3.93. The highest BCUT2D eigenvalue weighted by molar-refractivity contribution is 9.10. The maximum Gasteiger partial charge on any atom is 0.331 e. The van der Waals surface area contributed by atoms with Crippen LogP contribution in [0.5, 0.6) is 0 Å². The van der Waals surface area contributed by atoms with Gasteiger partial charge in [-0.3, -0.25) is 0 Å². The van der Waals surface area contributed by atoms with Crippen molar-refractivity contribution in [2.75, 3.05) is 11.5 Å². The molecule has 0 fully saturated rings. The largest absolute Gasteiger partial charge is 0.454 e. The lowest BCUT2D eigenvalue weighted by Crippen LogP contribution is -2.09. The number of benzene rings is 1. The topological polar surface area (TPSA) is 117 Å². The van der Waals surface area contributed by atoms with Gasteiger partial charge in [-0.1, -0.05) is 34.1 Å². The zero-order valence-corrected chi connectivity index (χ0v) is 12.4. The fraction of sp³-hybridized carbons (Fsp3) is 0.0769. The van der Waals surface area contributed by atoms with E-state index in [9.17, 15) is 4.79 Å². The highest BCUT2D eigenvalue weighted by Gasteiger charge is 2.05. The number of ether oxygens (including phenoxy) is 1. The minimum absolute atomic E-state index is 0.0164. The van der Waals surface area contributed by atoms with Gasteiger partial charge in [0.2, 0.25) is 11.9 Å². The number of hydrogen-bond donors (Lipinski definition) is 2. The molecule has 4 N–H and O–H groups in total. The highest BCUT2D eigenvalue weighted by atomic mass is 79.9. The van der Waals surface area contributed by atoms with E-state index >= 15 is 0 Å². The molecule has 108 valence electrons. The fourth-order valence-electron chi connectivity index (χ4n) is 1.47. The van der Waals surface area contributed by atoms with Gasteiger partial charge in [0, 0.05) is 10.5 Å². The van der Waals surface area contributed by atoms with Gasteiger partial charge >= 0.3 is 5.97 Å². The van der Waals surface area contributed by atoms with Crippen LogP contribution < -0.4 is 11.5 Å². The zero-order chi connectivity index (χ0) is 15.2. The number of aromatic nitrogens is 3. The van der Waals surface area contributed by atoms with Crippen molar-refractivity contribution in [1.82, 2.24) is 15.0 Å². The van der Waals surface area contributed by atoms with Crippen molar-refractivity contribution in [3.05, 3.63) is 46.2 Å². The summed E-state index contributed by atoms with van der Waals surface area (Å²) in [6, 6.07) is 7.49. The second kappa shape index (κ2) is 6.80. The quantitative estimate of drug-likeness (QED) is 0.635. The number of carbonyl (C=O) groups excluding carboxylic acids is 1. The first-order valence-corrected chi connectivity index (χ1v) is 6.69. The Morgan fingerprint density at radius 1 is 1.19 bits per heavy atom. The summed E-state index contributed by atoms with van der Waals surface area (Å²) in [7, 11) is 0. The third-order valence-corrected chi connectivity index (χ3v) is 3.09. The average Bonchev–Trinajstić information content (AvgIpc) is 2.43. The molecule has 0 spiro atoms. The monoisotopic (exact) mass is 349 g/mol.